The van der Waals surface area contributed by atoms with Gasteiger partial charge in [0.2, 0.25) is 0 Å². The standard InChI is InChI=1S/C14H14N2O/c1-16(2)13-5-3-12(4-6-13)14-9-11(10-17)7-8-15-14/h3-10H,1-2H3. The minimum Gasteiger partial charge on any atom is -0.378 e. The fourth-order valence-electron chi connectivity index (χ4n) is 1.61. The van der Waals surface area contributed by atoms with Crippen molar-refractivity contribution in [1.29, 1.82) is 0 Å². The predicted molar refractivity (Wildman–Crippen MR) is 69.4 cm³/mol. The number of pyridine rings is 1. The first-order valence-corrected chi connectivity index (χ1v) is 5.39. The van der Waals surface area contributed by atoms with Crippen LogP contribution in [0.3, 0.4) is 0 Å². The van der Waals surface area contributed by atoms with E-state index in [1.807, 2.05) is 43.3 Å². The maximum absolute atomic E-state index is 10.7. The Labute approximate surface area is 101 Å². The number of anilines is 1. The lowest BCUT2D eigenvalue weighted by molar-refractivity contribution is 0.112. The third-order valence-electron chi connectivity index (χ3n) is 2.60. The van der Waals surface area contributed by atoms with E-state index in [1.165, 1.54) is 0 Å². The zero-order chi connectivity index (χ0) is 12.3. The van der Waals surface area contributed by atoms with Crippen molar-refractivity contribution in [2.24, 2.45) is 0 Å². The molecule has 2 aromatic rings. The van der Waals surface area contributed by atoms with E-state index in [-0.39, 0.29) is 0 Å². The maximum atomic E-state index is 10.7. The Bertz CT molecular complexity index is 518. The van der Waals surface area contributed by atoms with Crippen LogP contribution in [0.2, 0.25) is 0 Å². The maximum Gasteiger partial charge on any atom is 0.150 e. The molecule has 86 valence electrons. The normalized spacial score (nSPS) is 10.0. The Morgan fingerprint density at radius 2 is 1.82 bits per heavy atom. The molecule has 3 nitrogen and oxygen atoms in total. The molecule has 1 aromatic carbocycles. The molecule has 0 radical (unpaired) electrons. The second kappa shape index (κ2) is 4.78. The first-order valence-electron chi connectivity index (χ1n) is 5.39. The SMILES string of the molecule is CN(C)c1ccc(-c2cc(C=O)ccn2)cc1. The third kappa shape index (κ3) is 2.50. The highest BCUT2D eigenvalue weighted by Crippen LogP contribution is 2.20. The van der Waals surface area contributed by atoms with Gasteiger partial charge in [-0.2, -0.15) is 0 Å². The van der Waals surface area contributed by atoms with E-state index >= 15 is 0 Å². The van der Waals surface area contributed by atoms with Crippen molar-refractivity contribution in [1.82, 2.24) is 4.98 Å². The Balaban J connectivity index is 2.36. The number of rotatable bonds is 3. The molecule has 0 saturated heterocycles. The molecule has 1 heterocycles. The first-order chi connectivity index (χ1) is 8.20. The lowest BCUT2D eigenvalue weighted by Gasteiger charge is -2.12. The molecule has 3 heteroatoms. The summed E-state index contributed by atoms with van der Waals surface area (Å²) in [6, 6.07) is 11.6. The van der Waals surface area contributed by atoms with Gasteiger partial charge in [-0.05, 0) is 24.3 Å². The van der Waals surface area contributed by atoms with Crippen LogP contribution >= 0.6 is 0 Å². The van der Waals surface area contributed by atoms with Crippen LogP contribution in [0, 0.1) is 0 Å². The topological polar surface area (TPSA) is 33.2 Å². The molecular formula is C14H14N2O. The van der Waals surface area contributed by atoms with E-state index in [4.69, 9.17) is 0 Å². The summed E-state index contributed by atoms with van der Waals surface area (Å²) in [5.41, 5.74) is 3.62. The molecular weight excluding hydrogens is 212 g/mol. The van der Waals surface area contributed by atoms with Gasteiger partial charge in [0.25, 0.3) is 0 Å². The minimum absolute atomic E-state index is 0.645. The van der Waals surface area contributed by atoms with Gasteiger partial charge in [0.15, 0.2) is 0 Å². The fourth-order valence-corrected chi connectivity index (χ4v) is 1.61. The molecule has 0 N–H and O–H groups in total. The van der Waals surface area contributed by atoms with Gasteiger partial charge in [0, 0.05) is 37.1 Å². The second-order valence-corrected chi connectivity index (χ2v) is 4.03. The number of aldehydes is 1. The highest BCUT2D eigenvalue weighted by Gasteiger charge is 2.01. The van der Waals surface area contributed by atoms with Crippen LogP contribution in [0.25, 0.3) is 11.3 Å². The molecule has 0 amide bonds. The zero-order valence-corrected chi connectivity index (χ0v) is 9.92. The van der Waals surface area contributed by atoms with Crippen molar-refractivity contribution in [3.05, 3.63) is 48.2 Å². The molecule has 0 saturated carbocycles. The molecule has 0 fully saturated rings. The van der Waals surface area contributed by atoms with Crippen molar-refractivity contribution in [2.75, 3.05) is 19.0 Å². The fraction of sp³-hybridized carbons (Fsp3) is 0.143. The predicted octanol–water partition coefficient (Wildman–Crippen LogP) is 2.63. The Morgan fingerprint density at radius 3 is 2.41 bits per heavy atom. The number of hydrogen-bond acceptors (Lipinski definition) is 3. The van der Waals surface area contributed by atoms with Gasteiger partial charge in [0.1, 0.15) is 6.29 Å². The minimum atomic E-state index is 0.645. The number of aromatic nitrogens is 1. The Morgan fingerprint density at radius 1 is 1.12 bits per heavy atom. The summed E-state index contributed by atoms with van der Waals surface area (Å²) in [5, 5.41) is 0. The number of nitrogens with zero attached hydrogens (tertiary/aromatic N) is 2. The van der Waals surface area contributed by atoms with Crippen LogP contribution in [0.15, 0.2) is 42.6 Å². The first kappa shape index (κ1) is 11.3. The summed E-state index contributed by atoms with van der Waals surface area (Å²) in [5.74, 6) is 0. The van der Waals surface area contributed by atoms with Crippen LogP contribution in [0.5, 0.6) is 0 Å². The molecule has 0 aliphatic rings. The van der Waals surface area contributed by atoms with Gasteiger partial charge in [-0.1, -0.05) is 12.1 Å². The smallest absolute Gasteiger partial charge is 0.150 e. The van der Waals surface area contributed by atoms with E-state index in [9.17, 15) is 4.79 Å². The largest absolute Gasteiger partial charge is 0.378 e. The van der Waals surface area contributed by atoms with Crippen LogP contribution in [0.1, 0.15) is 10.4 Å². The number of benzene rings is 1. The second-order valence-electron chi connectivity index (χ2n) is 4.03. The monoisotopic (exact) mass is 226 g/mol. The lowest BCUT2D eigenvalue weighted by Crippen LogP contribution is -2.07. The van der Waals surface area contributed by atoms with Crippen LogP contribution in [0.4, 0.5) is 5.69 Å². The van der Waals surface area contributed by atoms with Gasteiger partial charge in [-0.25, -0.2) is 0 Å². The molecule has 0 atom stereocenters. The number of carbonyl (C=O) groups excluding carboxylic acids is 1. The Hall–Kier alpha value is -2.16. The van der Waals surface area contributed by atoms with Crippen molar-refractivity contribution in [3.63, 3.8) is 0 Å². The summed E-state index contributed by atoms with van der Waals surface area (Å²) >= 11 is 0. The number of hydrogen-bond donors (Lipinski definition) is 0. The lowest BCUT2D eigenvalue weighted by atomic mass is 10.1. The van der Waals surface area contributed by atoms with Gasteiger partial charge in [-0.15, -0.1) is 0 Å². The van der Waals surface area contributed by atoms with E-state index in [1.54, 1.807) is 18.3 Å². The summed E-state index contributed by atoms with van der Waals surface area (Å²) in [6.45, 7) is 0. The van der Waals surface area contributed by atoms with E-state index in [0.29, 0.717) is 5.56 Å². The zero-order valence-electron chi connectivity index (χ0n) is 9.92. The van der Waals surface area contributed by atoms with Gasteiger partial charge >= 0.3 is 0 Å². The summed E-state index contributed by atoms with van der Waals surface area (Å²) in [7, 11) is 4.00. The van der Waals surface area contributed by atoms with E-state index in [2.05, 4.69) is 4.98 Å². The average Bonchev–Trinajstić information content (AvgIpc) is 2.39. The van der Waals surface area contributed by atoms with Crippen LogP contribution < -0.4 is 4.90 Å². The molecule has 1 aromatic heterocycles. The van der Waals surface area contributed by atoms with Crippen LogP contribution in [-0.2, 0) is 0 Å². The van der Waals surface area contributed by atoms with E-state index < -0.39 is 0 Å². The summed E-state index contributed by atoms with van der Waals surface area (Å²) in [6.07, 6.45) is 2.48. The molecule has 0 aliphatic carbocycles. The van der Waals surface area contributed by atoms with Crippen molar-refractivity contribution < 1.29 is 4.79 Å². The van der Waals surface area contributed by atoms with Crippen LogP contribution in [-0.4, -0.2) is 25.4 Å². The summed E-state index contributed by atoms with van der Waals surface area (Å²) < 4.78 is 0. The molecule has 0 aliphatic heterocycles. The third-order valence-corrected chi connectivity index (χ3v) is 2.60. The quantitative estimate of drug-likeness (QED) is 0.754. The van der Waals surface area contributed by atoms with Crippen molar-refractivity contribution in [2.45, 2.75) is 0 Å². The number of carbonyl (C=O) groups is 1. The van der Waals surface area contributed by atoms with Gasteiger partial charge in [-0.3, -0.25) is 9.78 Å². The highest BCUT2D eigenvalue weighted by molar-refractivity contribution is 5.77. The average molecular weight is 226 g/mol. The van der Waals surface area contributed by atoms with Gasteiger partial charge < -0.3 is 4.90 Å². The van der Waals surface area contributed by atoms with Crippen molar-refractivity contribution in [3.8, 4) is 11.3 Å². The van der Waals surface area contributed by atoms with Gasteiger partial charge in [0.05, 0.1) is 5.69 Å². The summed E-state index contributed by atoms with van der Waals surface area (Å²) in [4.78, 5) is 17.0. The van der Waals surface area contributed by atoms with Crippen molar-refractivity contribution >= 4 is 12.0 Å². The molecule has 0 unspecified atom stereocenters. The highest BCUT2D eigenvalue weighted by atomic mass is 16.1. The Kier molecular flexibility index (Phi) is 3.19. The molecule has 0 spiro atoms. The molecule has 17 heavy (non-hydrogen) atoms. The van der Waals surface area contributed by atoms with E-state index in [0.717, 1.165) is 23.2 Å². The molecule has 0 bridgehead atoms. The molecule has 2 rings (SSSR count).